The molecule has 14 N–H and O–H groups in total. The van der Waals surface area contributed by atoms with Crippen molar-refractivity contribution >= 4 is 59.1 Å². The number of carboxylic acid groups (broad SMARTS) is 1. The van der Waals surface area contributed by atoms with Crippen molar-refractivity contribution in [3.63, 3.8) is 0 Å². The number of nitrogens with one attached hydrogen (secondary N) is 4. The van der Waals surface area contributed by atoms with Gasteiger partial charge in [-0.3, -0.25) is 63.1 Å². The van der Waals surface area contributed by atoms with Crippen molar-refractivity contribution in [2.24, 2.45) is 12.8 Å². The number of nitrogens with two attached hydrogens (primary N) is 1. The number of aromatic nitrogens is 2. The smallest absolute Gasteiger partial charge is 0.331 e. The summed E-state index contributed by atoms with van der Waals surface area (Å²) < 4.78 is 1.57. The van der Waals surface area contributed by atoms with Crippen molar-refractivity contribution in [2.75, 3.05) is 26.2 Å². The molecule has 1 aromatic heterocycles. The zero-order valence-corrected chi connectivity index (χ0v) is 38.2. The molecule has 1 aliphatic rings. The Kier molecular flexibility index (Phi) is 24.7. The van der Waals surface area contributed by atoms with E-state index in [1.807, 2.05) is 5.32 Å². The van der Waals surface area contributed by atoms with E-state index >= 15 is 0 Å². The Bertz CT molecular complexity index is 2000. The third-order valence-electron chi connectivity index (χ3n) is 10.1. The summed E-state index contributed by atoms with van der Waals surface area (Å²) in [5.41, 5.74) is 4.37. The molecule has 30 heteroatoms. The van der Waals surface area contributed by atoms with Gasteiger partial charge in [-0.2, -0.15) is 0 Å². The third kappa shape index (κ3) is 17.0. The van der Waals surface area contributed by atoms with Gasteiger partial charge in [0.05, 0.1) is 30.1 Å². The van der Waals surface area contributed by atoms with E-state index in [4.69, 9.17) is 5.73 Å². The molecular weight excluding hydrogens is 948 g/mol. The van der Waals surface area contributed by atoms with Crippen LogP contribution in [0.2, 0.25) is 0 Å². The van der Waals surface area contributed by atoms with Crippen LogP contribution in [0.25, 0.3) is 0 Å². The maximum Gasteiger partial charge on any atom is 0.331 e. The Morgan fingerprint density at radius 1 is 0.727 bits per heavy atom. The topological polar surface area (TPSA) is 426 Å². The number of hydroxylamine groups is 6. The number of carbonyl (C=O) groups is 8. The zero-order valence-electron chi connectivity index (χ0n) is 36.2. The fourth-order valence-corrected chi connectivity index (χ4v) is 7.80. The average Bonchev–Trinajstić information content (AvgIpc) is 3.54. The van der Waals surface area contributed by atoms with Crippen LogP contribution in [-0.4, -0.2) is 193 Å². The molecular formula is C36H58FeN10O18S. The van der Waals surface area contributed by atoms with Crippen LogP contribution in [0.3, 0.4) is 0 Å². The number of hydrogen-bond donors (Lipinski definition) is 13. The molecule has 0 aromatic carbocycles. The zero-order chi connectivity index (χ0) is 49.5. The Hall–Kier alpha value is -5.01. The second kappa shape index (κ2) is 27.6. The summed E-state index contributed by atoms with van der Waals surface area (Å²) in [6.07, 6.45) is -5.87. The van der Waals surface area contributed by atoms with Crippen molar-refractivity contribution in [2.45, 2.75) is 118 Å². The molecule has 1 saturated heterocycles. The maximum absolute atomic E-state index is 13.8. The number of carboxylic acids is 1. The van der Waals surface area contributed by atoms with Crippen LogP contribution >= 0.6 is 11.8 Å². The van der Waals surface area contributed by atoms with Gasteiger partial charge in [-0.15, -0.1) is 11.8 Å². The number of amides is 7. The largest absolute Gasteiger partial charge is 0.480 e. The molecule has 2 rings (SSSR count). The van der Waals surface area contributed by atoms with E-state index in [2.05, 4.69) is 16.0 Å². The van der Waals surface area contributed by atoms with E-state index in [0.717, 1.165) is 44.6 Å². The van der Waals surface area contributed by atoms with Gasteiger partial charge in [-0.05, 0) is 38.5 Å². The number of aliphatic hydroxyl groups excluding tert-OH is 4. The molecule has 2 heterocycles. The second-order valence-corrected chi connectivity index (χ2v) is 16.3. The number of hydrogen-bond acceptors (Lipinski definition) is 19. The van der Waals surface area contributed by atoms with Crippen LogP contribution in [0, 0.1) is 0 Å². The van der Waals surface area contributed by atoms with Gasteiger partial charge in [0.1, 0.15) is 29.6 Å². The van der Waals surface area contributed by atoms with Gasteiger partial charge in [0.25, 0.3) is 5.56 Å². The molecule has 66 heavy (non-hydrogen) atoms. The first kappa shape index (κ1) is 59.0. The average molecular weight is 1010 g/mol. The molecule has 0 radical (unpaired) electrons. The van der Waals surface area contributed by atoms with Gasteiger partial charge in [-0.1, -0.05) is 0 Å². The van der Waals surface area contributed by atoms with Crippen molar-refractivity contribution in [3.8, 4) is 0 Å². The number of thioether (sulfide) groups is 1. The van der Waals surface area contributed by atoms with Crippen LogP contribution in [0.5, 0.6) is 0 Å². The van der Waals surface area contributed by atoms with E-state index < -0.39 is 124 Å². The van der Waals surface area contributed by atoms with Gasteiger partial charge in [0.15, 0.2) is 6.04 Å². The van der Waals surface area contributed by atoms with E-state index in [0.29, 0.717) is 31.5 Å². The van der Waals surface area contributed by atoms with Crippen LogP contribution in [0.15, 0.2) is 21.9 Å². The van der Waals surface area contributed by atoms with Gasteiger partial charge in [0, 0.05) is 76.8 Å². The molecule has 0 saturated carbocycles. The van der Waals surface area contributed by atoms with Crippen molar-refractivity contribution < 1.29 is 96.6 Å². The van der Waals surface area contributed by atoms with E-state index in [1.54, 1.807) is 0 Å². The van der Waals surface area contributed by atoms with Gasteiger partial charge in [-0.25, -0.2) is 24.8 Å². The summed E-state index contributed by atoms with van der Waals surface area (Å²) in [6, 6.07) is -7.79. The molecule has 1 aromatic rings. The summed E-state index contributed by atoms with van der Waals surface area (Å²) in [7, 11) is 1.14. The number of carbonyl (C=O) groups excluding carboxylic acids is 7. The number of aliphatic hydroxyl groups is 4. The fourth-order valence-electron chi connectivity index (χ4n) is 6.23. The molecule has 28 nitrogen and oxygen atoms in total. The SMILES string of the molecule is CC(=O)N(O)CCC[C@H](NC(=O)[C@H](CCCN(O)C(C)=O)NC(=O)[C@@H](N)CCCN(O)C(C)=O)C(=O)N[C@@H](CO)C(=O)N[C@@H](C(=O)O)[C@H](O)[C@H]1S[C@@H](n2ccc(=O)n(C)c2=O)[C@H](O)[C@H]1O.[Fe]. The molecule has 0 bridgehead atoms. The number of aliphatic carboxylic acids is 1. The Morgan fingerprint density at radius 2 is 1.15 bits per heavy atom. The summed E-state index contributed by atoms with van der Waals surface area (Å²) in [5, 5.41) is 89.1. The molecule has 1 aliphatic heterocycles. The Morgan fingerprint density at radius 3 is 1.59 bits per heavy atom. The Balaban J connectivity index is 0.0000218. The number of rotatable bonds is 25. The first-order valence-electron chi connectivity index (χ1n) is 20.0. The quantitative estimate of drug-likeness (QED) is 0.0246. The van der Waals surface area contributed by atoms with Crippen LogP contribution in [-0.2, 0) is 62.5 Å². The minimum Gasteiger partial charge on any atom is -0.480 e. The van der Waals surface area contributed by atoms with Gasteiger partial charge >= 0.3 is 11.7 Å². The monoisotopic (exact) mass is 1010 g/mol. The third-order valence-corrected chi connectivity index (χ3v) is 11.8. The summed E-state index contributed by atoms with van der Waals surface area (Å²) in [4.78, 5) is 125. The van der Waals surface area contributed by atoms with E-state index in [9.17, 15) is 89.1 Å². The van der Waals surface area contributed by atoms with Crippen molar-refractivity contribution in [1.82, 2.24) is 45.6 Å². The number of nitrogens with zero attached hydrogens (tertiary/aromatic N) is 5. The first-order valence-corrected chi connectivity index (χ1v) is 21.0. The summed E-state index contributed by atoms with van der Waals surface area (Å²) in [5.74, 6) is -8.65. The van der Waals surface area contributed by atoms with Crippen LogP contribution in [0.1, 0.15) is 64.7 Å². The van der Waals surface area contributed by atoms with E-state index in [1.165, 1.54) is 0 Å². The first-order chi connectivity index (χ1) is 30.3. The molecule has 0 unspecified atom stereocenters. The fraction of sp³-hybridized carbons (Fsp3) is 0.667. The summed E-state index contributed by atoms with van der Waals surface area (Å²) in [6.45, 7) is 1.11. The van der Waals surface area contributed by atoms with Crippen LogP contribution in [0.4, 0.5) is 0 Å². The second-order valence-electron chi connectivity index (χ2n) is 15.0. The van der Waals surface area contributed by atoms with Crippen molar-refractivity contribution in [1.29, 1.82) is 0 Å². The van der Waals surface area contributed by atoms with Crippen molar-refractivity contribution in [3.05, 3.63) is 33.1 Å². The predicted octanol–water partition coefficient (Wildman–Crippen LogP) is -6.36. The molecule has 374 valence electrons. The Labute approximate surface area is 390 Å². The van der Waals surface area contributed by atoms with E-state index in [-0.39, 0.29) is 75.2 Å². The van der Waals surface area contributed by atoms with Gasteiger partial charge in [0.2, 0.25) is 41.4 Å². The summed E-state index contributed by atoms with van der Waals surface area (Å²) >= 11 is 0.552. The molecule has 1 fully saturated rings. The molecule has 0 aliphatic carbocycles. The normalized spacial score (nSPS) is 19.3. The molecule has 10 atom stereocenters. The van der Waals surface area contributed by atoms with Gasteiger partial charge < -0.3 is 52.5 Å². The molecule has 0 spiro atoms. The maximum atomic E-state index is 13.8. The minimum atomic E-state index is -2.29. The van der Waals surface area contributed by atoms with Crippen LogP contribution < -0.4 is 38.2 Å². The predicted molar refractivity (Wildman–Crippen MR) is 220 cm³/mol. The minimum absolute atomic E-state index is 0. The standard InChI is InChI=1S/C36H58N10O18S.Fe/c1-17(48)44(62)12-5-8-20(37)30(55)38-21(9-6-13-45(63)18(2)49)31(56)39-22(10-7-14-46(64)19(3)50)32(57)40-23(16-47)33(58)41-25(35(59)60)26(52)29-27(53)28(54)34(65-29)43-15-11-24(51)42(4)36(43)61;/h11,15,20-23,25-29,34,47,52-54,62-64H,5-10,12-14,16,37H2,1-4H3,(H,38,55)(H,39,56)(H,40,57)(H,41,58)(H,59,60);/t20-,21-,22-,23-,25+,26-,27+,28+,29+,34+;/m0./s1. The molecule has 7 amide bonds.